The third-order valence-corrected chi connectivity index (χ3v) is 2.41. The lowest BCUT2D eigenvalue weighted by Gasteiger charge is -2.21. The molecular weight excluding hydrogens is 166 g/mol. The molecule has 0 atom stereocenters. The van der Waals surface area contributed by atoms with Crippen molar-refractivity contribution in [3.63, 3.8) is 0 Å². The first kappa shape index (κ1) is 12.0. The molecule has 0 fully saturated rings. The number of hydrogen-bond donors (Lipinski definition) is 0. The fraction of sp³-hybridized carbons (Fsp3) is 0.900. The molecule has 0 aliphatic heterocycles. The summed E-state index contributed by atoms with van der Waals surface area (Å²) in [7, 11) is 0. The highest BCUT2D eigenvalue weighted by atomic mass is 32.2. The summed E-state index contributed by atoms with van der Waals surface area (Å²) in [5.74, 6) is 0. The highest BCUT2D eigenvalue weighted by Gasteiger charge is 2.16. The normalized spacial score (nSPS) is 13.7. The number of aliphatic imine (C=N–C) groups is 1. The molecule has 1 nitrogen and oxygen atoms in total. The molecule has 0 aliphatic rings. The third-order valence-electron chi connectivity index (χ3n) is 1.22. The average molecular weight is 187 g/mol. The molecule has 12 heavy (non-hydrogen) atoms. The van der Waals surface area contributed by atoms with Gasteiger partial charge in [-0.3, -0.25) is 4.99 Å². The Labute approximate surface area is 81.0 Å². The predicted octanol–water partition coefficient (Wildman–Crippen LogP) is 3.39. The standard InChI is InChI=1S/C10H21NS/c1-8(2)11-7-10(5,6)12-9(3)4/h7-9H,1-6H3. The summed E-state index contributed by atoms with van der Waals surface area (Å²) in [4.78, 5) is 4.40. The van der Waals surface area contributed by atoms with E-state index in [1.165, 1.54) is 0 Å². The van der Waals surface area contributed by atoms with Crippen molar-refractivity contribution >= 4 is 18.0 Å². The van der Waals surface area contributed by atoms with Gasteiger partial charge in [-0.15, -0.1) is 11.8 Å². The van der Waals surface area contributed by atoms with Crippen LogP contribution in [0.3, 0.4) is 0 Å². The van der Waals surface area contributed by atoms with Crippen LogP contribution < -0.4 is 0 Å². The Bertz CT molecular complexity index is 148. The first-order valence-corrected chi connectivity index (χ1v) is 5.43. The number of hydrogen-bond acceptors (Lipinski definition) is 2. The molecular formula is C10H21NS. The van der Waals surface area contributed by atoms with E-state index in [1.807, 2.05) is 11.8 Å². The van der Waals surface area contributed by atoms with Crippen molar-refractivity contribution in [2.45, 2.75) is 57.6 Å². The van der Waals surface area contributed by atoms with E-state index in [9.17, 15) is 0 Å². The van der Waals surface area contributed by atoms with Crippen molar-refractivity contribution in [1.82, 2.24) is 0 Å². The van der Waals surface area contributed by atoms with Crippen LogP contribution in [0.2, 0.25) is 0 Å². The van der Waals surface area contributed by atoms with E-state index < -0.39 is 0 Å². The maximum absolute atomic E-state index is 4.40. The largest absolute Gasteiger partial charge is 0.293 e. The fourth-order valence-electron chi connectivity index (χ4n) is 0.966. The summed E-state index contributed by atoms with van der Waals surface area (Å²) in [6.07, 6.45) is 2.07. The maximum Gasteiger partial charge on any atom is 0.0453 e. The lowest BCUT2D eigenvalue weighted by atomic mass is 10.2. The first-order valence-electron chi connectivity index (χ1n) is 4.55. The lowest BCUT2D eigenvalue weighted by molar-refractivity contribution is 0.823. The van der Waals surface area contributed by atoms with E-state index in [-0.39, 0.29) is 4.75 Å². The summed E-state index contributed by atoms with van der Waals surface area (Å²) < 4.78 is 0.179. The van der Waals surface area contributed by atoms with Crippen LogP contribution in [-0.4, -0.2) is 22.3 Å². The zero-order chi connectivity index (χ0) is 9.78. The third kappa shape index (κ3) is 6.71. The molecule has 0 aromatic heterocycles. The molecule has 0 unspecified atom stereocenters. The quantitative estimate of drug-likeness (QED) is 0.615. The second-order valence-electron chi connectivity index (χ2n) is 4.14. The molecule has 0 radical (unpaired) electrons. The molecule has 0 bridgehead atoms. The number of rotatable bonds is 4. The minimum absolute atomic E-state index is 0.179. The molecule has 0 amide bonds. The van der Waals surface area contributed by atoms with E-state index >= 15 is 0 Å². The molecule has 0 saturated heterocycles. The Morgan fingerprint density at radius 1 is 1.17 bits per heavy atom. The summed E-state index contributed by atoms with van der Waals surface area (Å²) in [5, 5.41) is 0.665. The highest BCUT2D eigenvalue weighted by molar-refractivity contribution is 8.01. The summed E-state index contributed by atoms with van der Waals surface area (Å²) >= 11 is 1.95. The van der Waals surface area contributed by atoms with Gasteiger partial charge in [-0.2, -0.15) is 0 Å². The van der Waals surface area contributed by atoms with Crippen LogP contribution in [0, 0.1) is 0 Å². The molecule has 2 heteroatoms. The van der Waals surface area contributed by atoms with E-state index in [0.717, 1.165) is 0 Å². The van der Waals surface area contributed by atoms with Crippen LogP contribution in [0.4, 0.5) is 0 Å². The summed E-state index contributed by atoms with van der Waals surface area (Å²) in [6.45, 7) is 13.1. The number of thioether (sulfide) groups is 1. The van der Waals surface area contributed by atoms with Crippen LogP contribution in [-0.2, 0) is 0 Å². The minimum atomic E-state index is 0.179. The maximum atomic E-state index is 4.40. The van der Waals surface area contributed by atoms with Gasteiger partial charge in [0, 0.05) is 17.0 Å². The van der Waals surface area contributed by atoms with E-state index in [4.69, 9.17) is 0 Å². The second-order valence-corrected chi connectivity index (χ2v) is 6.37. The molecule has 72 valence electrons. The van der Waals surface area contributed by atoms with Gasteiger partial charge in [0.2, 0.25) is 0 Å². The summed E-state index contributed by atoms with van der Waals surface area (Å²) in [6, 6.07) is 0.414. The van der Waals surface area contributed by atoms with Gasteiger partial charge >= 0.3 is 0 Å². The topological polar surface area (TPSA) is 12.4 Å². The van der Waals surface area contributed by atoms with E-state index in [2.05, 4.69) is 52.7 Å². The minimum Gasteiger partial charge on any atom is -0.293 e. The predicted molar refractivity (Wildman–Crippen MR) is 60.4 cm³/mol. The highest BCUT2D eigenvalue weighted by Crippen LogP contribution is 2.26. The van der Waals surface area contributed by atoms with Crippen molar-refractivity contribution in [2.75, 3.05) is 0 Å². The van der Waals surface area contributed by atoms with E-state index in [1.54, 1.807) is 0 Å². The lowest BCUT2D eigenvalue weighted by Crippen LogP contribution is -2.20. The van der Waals surface area contributed by atoms with E-state index in [0.29, 0.717) is 11.3 Å². The smallest absolute Gasteiger partial charge is 0.0453 e. The van der Waals surface area contributed by atoms with Crippen molar-refractivity contribution in [3.05, 3.63) is 0 Å². The van der Waals surface area contributed by atoms with Gasteiger partial charge < -0.3 is 0 Å². The van der Waals surface area contributed by atoms with Gasteiger partial charge in [-0.05, 0) is 32.9 Å². The van der Waals surface area contributed by atoms with Gasteiger partial charge in [0.05, 0.1) is 0 Å². The van der Waals surface area contributed by atoms with Crippen LogP contribution in [0.25, 0.3) is 0 Å². The Morgan fingerprint density at radius 2 is 1.67 bits per heavy atom. The Hall–Kier alpha value is 0.0200. The van der Waals surface area contributed by atoms with Gasteiger partial charge in [-0.1, -0.05) is 13.8 Å². The molecule has 0 spiro atoms. The molecule has 0 aromatic rings. The van der Waals surface area contributed by atoms with Crippen LogP contribution in [0.5, 0.6) is 0 Å². The van der Waals surface area contributed by atoms with Crippen LogP contribution in [0.1, 0.15) is 41.5 Å². The SMILES string of the molecule is CC(C)N=CC(C)(C)SC(C)C. The zero-order valence-electron chi connectivity index (χ0n) is 9.09. The van der Waals surface area contributed by atoms with Gasteiger partial charge in [0.15, 0.2) is 0 Å². The second kappa shape index (κ2) is 4.90. The molecule has 0 N–H and O–H groups in total. The zero-order valence-corrected chi connectivity index (χ0v) is 9.90. The number of nitrogens with zero attached hydrogens (tertiary/aromatic N) is 1. The summed E-state index contributed by atoms with van der Waals surface area (Å²) in [5.41, 5.74) is 0. The first-order chi connectivity index (χ1) is 5.33. The molecule has 0 rings (SSSR count). The van der Waals surface area contributed by atoms with Gasteiger partial charge in [-0.25, -0.2) is 0 Å². The van der Waals surface area contributed by atoms with Gasteiger partial charge in [0.1, 0.15) is 0 Å². The molecule has 0 aliphatic carbocycles. The van der Waals surface area contributed by atoms with Crippen molar-refractivity contribution in [1.29, 1.82) is 0 Å². The van der Waals surface area contributed by atoms with Crippen LogP contribution in [0.15, 0.2) is 4.99 Å². The average Bonchev–Trinajstić information content (AvgIpc) is 1.81. The van der Waals surface area contributed by atoms with Gasteiger partial charge in [0.25, 0.3) is 0 Å². The fourth-order valence-corrected chi connectivity index (χ4v) is 2.30. The van der Waals surface area contributed by atoms with Crippen LogP contribution >= 0.6 is 11.8 Å². The molecule has 0 saturated carbocycles. The van der Waals surface area contributed by atoms with Crippen molar-refractivity contribution in [3.8, 4) is 0 Å². The Morgan fingerprint density at radius 3 is 2.00 bits per heavy atom. The molecule has 0 aromatic carbocycles. The van der Waals surface area contributed by atoms with Crippen molar-refractivity contribution < 1.29 is 0 Å². The molecule has 0 heterocycles. The van der Waals surface area contributed by atoms with Crippen molar-refractivity contribution in [2.24, 2.45) is 4.99 Å². The Balaban J connectivity index is 4.03. The Kier molecular flexibility index (Phi) is 4.91. The monoisotopic (exact) mass is 187 g/mol.